The highest BCUT2D eigenvalue weighted by Crippen LogP contribution is 2.43. The first kappa shape index (κ1) is 20.6. The van der Waals surface area contributed by atoms with E-state index in [1.54, 1.807) is 7.11 Å². The first-order chi connectivity index (χ1) is 17.8. The Labute approximate surface area is 208 Å². The molecule has 0 bridgehead atoms. The van der Waals surface area contributed by atoms with E-state index in [1.807, 2.05) is 30.6 Å². The highest BCUT2D eigenvalue weighted by Gasteiger charge is 2.17. The number of pyridine rings is 2. The summed E-state index contributed by atoms with van der Waals surface area (Å²) in [6.07, 6.45) is 3.86. The third kappa shape index (κ3) is 3.14. The standard InChI is InChI=1S/C33H22N2O/c1-36-23-16-14-21(15-17-23)32-25-9-2-4-11-27(25)33(28-12-5-3-10-26(28)32)31-18-29-22(20-35-31)19-34-30-13-7-6-8-24(29)30/h2-20H,1H3. The second kappa shape index (κ2) is 8.17. The minimum atomic E-state index is 0.853. The topological polar surface area (TPSA) is 35.0 Å². The van der Waals surface area contributed by atoms with Crippen molar-refractivity contribution >= 4 is 43.2 Å². The van der Waals surface area contributed by atoms with Gasteiger partial charge in [0, 0.05) is 28.7 Å². The molecule has 7 rings (SSSR count). The second-order valence-corrected chi connectivity index (χ2v) is 9.00. The summed E-state index contributed by atoms with van der Waals surface area (Å²) in [5, 5.41) is 8.14. The first-order valence-corrected chi connectivity index (χ1v) is 12.0. The third-order valence-corrected chi connectivity index (χ3v) is 7.04. The quantitative estimate of drug-likeness (QED) is 0.195. The van der Waals surface area contributed by atoms with Crippen molar-refractivity contribution in [1.29, 1.82) is 0 Å². The molecule has 0 unspecified atom stereocenters. The van der Waals surface area contributed by atoms with Gasteiger partial charge < -0.3 is 4.74 Å². The smallest absolute Gasteiger partial charge is 0.118 e. The van der Waals surface area contributed by atoms with E-state index >= 15 is 0 Å². The minimum Gasteiger partial charge on any atom is -0.497 e. The Kier molecular flexibility index (Phi) is 4.68. The van der Waals surface area contributed by atoms with Crippen LogP contribution in [0.5, 0.6) is 5.75 Å². The zero-order valence-corrected chi connectivity index (χ0v) is 19.8. The summed E-state index contributed by atoms with van der Waals surface area (Å²) < 4.78 is 5.41. The molecule has 2 heterocycles. The maximum Gasteiger partial charge on any atom is 0.118 e. The van der Waals surface area contributed by atoms with Crippen molar-refractivity contribution in [3.63, 3.8) is 0 Å². The van der Waals surface area contributed by atoms with Gasteiger partial charge in [0.2, 0.25) is 0 Å². The van der Waals surface area contributed by atoms with Crippen LogP contribution in [-0.2, 0) is 0 Å². The van der Waals surface area contributed by atoms with E-state index in [9.17, 15) is 0 Å². The van der Waals surface area contributed by atoms with Crippen molar-refractivity contribution in [2.75, 3.05) is 7.11 Å². The van der Waals surface area contributed by atoms with Crippen LogP contribution >= 0.6 is 0 Å². The van der Waals surface area contributed by atoms with Crippen LogP contribution < -0.4 is 4.74 Å². The lowest BCUT2D eigenvalue weighted by Crippen LogP contribution is -1.93. The van der Waals surface area contributed by atoms with E-state index in [0.717, 1.165) is 38.7 Å². The summed E-state index contributed by atoms with van der Waals surface area (Å²) in [5.41, 5.74) is 5.50. The largest absolute Gasteiger partial charge is 0.497 e. The minimum absolute atomic E-state index is 0.853. The van der Waals surface area contributed by atoms with Crippen molar-refractivity contribution in [1.82, 2.24) is 9.97 Å². The van der Waals surface area contributed by atoms with E-state index < -0.39 is 0 Å². The summed E-state index contributed by atoms with van der Waals surface area (Å²) in [4.78, 5) is 9.57. The maximum atomic E-state index is 5.41. The molecule has 0 N–H and O–H groups in total. The van der Waals surface area contributed by atoms with Gasteiger partial charge in [-0.1, -0.05) is 78.9 Å². The molecule has 0 aliphatic heterocycles. The fourth-order valence-electron chi connectivity index (χ4n) is 5.36. The Hall–Kier alpha value is -4.76. The Morgan fingerprint density at radius 3 is 1.72 bits per heavy atom. The SMILES string of the molecule is COc1ccc(-c2c3ccccc3c(-c3cc4c(cn3)cnc3ccccc34)c3ccccc23)cc1. The third-order valence-electron chi connectivity index (χ3n) is 7.04. The van der Waals surface area contributed by atoms with Gasteiger partial charge in [-0.2, -0.15) is 0 Å². The number of hydrogen-bond donors (Lipinski definition) is 0. The predicted octanol–water partition coefficient (Wildman–Crippen LogP) is 8.43. The van der Waals surface area contributed by atoms with Crippen molar-refractivity contribution in [3.05, 3.63) is 116 Å². The Morgan fingerprint density at radius 1 is 0.528 bits per heavy atom. The van der Waals surface area contributed by atoms with Crippen molar-refractivity contribution in [3.8, 4) is 28.1 Å². The highest BCUT2D eigenvalue weighted by molar-refractivity contribution is 6.21. The molecule has 36 heavy (non-hydrogen) atoms. The maximum absolute atomic E-state index is 5.41. The summed E-state index contributed by atoms with van der Waals surface area (Å²) >= 11 is 0. The predicted molar refractivity (Wildman–Crippen MR) is 149 cm³/mol. The van der Waals surface area contributed by atoms with Crippen LogP contribution in [0.15, 0.2) is 116 Å². The Balaban J connectivity index is 1.59. The molecule has 0 aliphatic rings. The molecule has 0 spiro atoms. The monoisotopic (exact) mass is 462 g/mol. The Morgan fingerprint density at radius 2 is 1.08 bits per heavy atom. The van der Waals surface area contributed by atoms with Gasteiger partial charge in [-0.3, -0.25) is 9.97 Å². The molecule has 5 aromatic carbocycles. The number of nitrogens with zero attached hydrogens (tertiary/aromatic N) is 2. The molecule has 2 aromatic heterocycles. The van der Waals surface area contributed by atoms with E-state index in [-0.39, 0.29) is 0 Å². The summed E-state index contributed by atoms with van der Waals surface area (Å²) in [7, 11) is 1.70. The molecule has 170 valence electrons. The molecule has 0 aliphatic carbocycles. The summed E-state index contributed by atoms with van der Waals surface area (Å²) in [5.74, 6) is 0.853. The number of rotatable bonds is 3. The zero-order chi connectivity index (χ0) is 24.1. The number of hydrogen-bond acceptors (Lipinski definition) is 3. The summed E-state index contributed by atoms with van der Waals surface area (Å²) in [6, 6.07) is 36.1. The van der Waals surface area contributed by atoms with Crippen LogP contribution in [0.25, 0.3) is 65.6 Å². The molecule has 0 saturated carbocycles. The van der Waals surface area contributed by atoms with E-state index in [2.05, 4.69) is 89.9 Å². The van der Waals surface area contributed by atoms with Crippen LogP contribution in [0.4, 0.5) is 0 Å². The lowest BCUT2D eigenvalue weighted by atomic mass is 9.87. The number of para-hydroxylation sites is 1. The summed E-state index contributed by atoms with van der Waals surface area (Å²) in [6.45, 7) is 0. The molecule has 0 atom stereocenters. The highest BCUT2D eigenvalue weighted by atomic mass is 16.5. The average molecular weight is 463 g/mol. The lowest BCUT2D eigenvalue weighted by Gasteiger charge is -2.17. The second-order valence-electron chi connectivity index (χ2n) is 9.00. The van der Waals surface area contributed by atoms with Gasteiger partial charge in [0.15, 0.2) is 0 Å². The first-order valence-electron chi connectivity index (χ1n) is 12.0. The van der Waals surface area contributed by atoms with E-state index in [0.29, 0.717) is 0 Å². The molecule has 3 heteroatoms. The fraction of sp³-hybridized carbons (Fsp3) is 0.0303. The van der Waals surface area contributed by atoms with Crippen molar-refractivity contribution in [2.24, 2.45) is 0 Å². The van der Waals surface area contributed by atoms with Gasteiger partial charge in [0.1, 0.15) is 5.75 Å². The number of ether oxygens (including phenoxy) is 1. The number of benzene rings is 5. The fourth-order valence-corrected chi connectivity index (χ4v) is 5.36. The van der Waals surface area contributed by atoms with Gasteiger partial charge in [-0.15, -0.1) is 0 Å². The number of aromatic nitrogens is 2. The molecular weight excluding hydrogens is 440 g/mol. The van der Waals surface area contributed by atoms with Crippen LogP contribution in [-0.4, -0.2) is 17.1 Å². The van der Waals surface area contributed by atoms with Gasteiger partial charge in [0.05, 0.1) is 18.3 Å². The van der Waals surface area contributed by atoms with Gasteiger partial charge in [-0.05, 0) is 62.3 Å². The molecule has 0 saturated heterocycles. The number of methoxy groups -OCH3 is 1. The van der Waals surface area contributed by atoms with Crippen LogP contribution in [0.3, 0.4) is 0 Å². The zero-order valence-electron chi connectivity index (χ0n) is 19.8. The van der Waals surface area contributed by atoms with Crippen LogP contribution in [0.2, 0.25) is 0 Å². The Bertz CT molecular complexity index is 1870. The van der Waals surface area contributed by atoms with Crippen LogP contribution in [0.1, 0.15) is 0 Å². The van der Waals surface area contributed by atoms with Crippen molar-refractivity contribution in [2.45, 2.75) is 0 Å². The molecule has 7 aromatic rings. The van der Waals surface area contributed by atoms with Gasteiger partial charge in [-0.25, -0.2) is 0 Å². The van der Waals surface area contributed by atoms with E-state index in [1.165, 1.54) is 32.7 Å². The van der Waals surface area contributed by atoms with Crippen LogP contribution in [0, 0.1) is 0 Å². The lowest BCUT2D eigenvalue weighted by molar-refractivity contribution is 0.415. The average Bonchev–Trinajstić information content (AvgIpc) is 2.95. The van der Waals surface area contributed by atoms with Gasteiger partial charge >= 0.3 is 0 Å². The van der Waals surface area contributed by atoms with Crippen molar-refractivity contribution < 1.29 is 4.74 Å². The molecular formula is C33H22N2O. The van der Waals surface area contributed by atoms with E-state index in [4.69, 9.17) is 9.72 Å². The molecule has 0 radical (unpaired) electrons. The van der Waals surface area contributed by atoms with Gasteiger partial charge in [0.25, 0.3) is 0 Å². The number of fused-ring (bicyclic) bond motifs is 5. The molecule has 0 fully saturated rings. The normalized spacial score (nSPS) is 11.5. The molecule has 3 nitrogen and oxygen atoms in total. The molecule has 0 amide bonds.